The van der Waals surface area contributed by atoms with Crippen LogP contribution >= 0.6 is 0 Å². The molecule has 0 bridgehead atoms. The molecule has 0 atom stereocenters. The number of aromatic nitrogens is 2. The van der Waals surface area contributed by atoms with Gasteiger partial charge in [-0.2, -0.15) is 0 Å². The Labute approximate surface area is 73.0 Å². The molecule has 4 heteroatoms. The van der Waals surface area contributed by atoms with Gasteiger partial charge in [0.15, 0.2) is 5.82 Å². The van der Waals surface area contributed by atoms with Gasteiger partial charge in [-0.15, -0.1) is 0 Å². The molecule has 68 valence electrons. The number of nitrogens with one attached hydrogen (secondary N) is 2. The standard InChI is InChI=1S/C8H16N4/c1-4-9-7-8(10-5-2)12(3)6-11-7/h6,9-10H,4-5H2,1-3H3. The lowest BCUT2D eigenvalue weighted by Crippen LogP contribution is -2.06. The molecular weight excluding hydrogens is 152 g/mol. The average Bonchev–Trinajstić information content (AvgIpc) is 2.37. The first-order valence-corrected chi connectivity index (χ1v) is 4.28. The number of anilines is 2. The molecule has 0 aliphatic heterocycles. The van der Waals surface area contributed by atoms with Crippen molar-refractivity contribution in [2.24, 2.45) is 7.05 Å². The molecule has 1 aromatic heterocycles. The molecule has 0 radical (unpaired) electrons. The third kappa shape index (κ3) is 1.69. The van der Waals surface area contributed by atoms with E-state index in [1.165, 1.54) is 0 Å². The molecule has 1 heterocycles. The number of hydrogen-bond donors (Lipinski definition) is 2. The van der Waals surface area contributed by atoms with Gasteiger partial charge in [0.1, 0.15) is 5.82 Å². The van der Waals surface area contributed by atoms with Crippen LogP contribution in [-0.2, 0) is 7.05 Å². The van der Waals surface area contributed by atoms with E-state index in [0.29, 0.717) is 0 Å². The summed E-state index contributed by atoms with van der Waals surface area (Å²) in [7, 11) is 1.98. The third-order valence-electron chi connectivity index (χ3n) is 1.63. The Morgan fingerprint density at radius 1 is 1.33 bits per heavy atom. The van der Waals surface area contributed by atoms with Crippen LogP contribution in [0.5, 0.6) is 0 Å². The fraction of sp³-hybridized carbons (Fsp3) is 0.625. The van der Waals surface area contributed by atoms with Gasteiger partial charge >= 0.3 is 0 Å². The van der Waals surface area contributed by atoms with Crippen LogP contribution in [0.4, 0.5) is 11.6 Å². The predicted octanol–water partition coefficient (Wildman–Crippen LogP) is 1.28. The van der Waals surface area contributed by atoms with Gasteiger partial charge in [0, 0.05) is 20.1 Å². The maximum absolute atomic E-state index is 4.21. The van der Waals surface area contributed by atoms with Crippen LogP contribution in [0.3, 0.4) is 0 Å². The maximum Gasteiger partial charge on any atom is 0.168 e. The highest BCUT2D eigenvalue weighted by atomic mass is 15.2. The van der Waals surface area contributed by atoms with Crippen molar-refractivity contribution < 1.29 is 0 Å². The fourth-order valence-electron chi connectivity index (χ4n) is 1.10. The Kier molecular flexibility index (Phi) is 2.96. The molecule has 2 N–H and O–H groups in total. The molecule has 0 aromatic carbocycles. The van der Waals surface area contributed by atoms with Crippen molar-refractivity contribution in [3.63, 3.8) is 0 Å². The van der Waals surface area contributed by atoms with E-state index in [0.717, 1.165) is 24.7 Å². The summed E-state index contributed by atoms with van der Waals surface area (Å²) >= 11 is 0. The average molecular weight is 168 g/mol. The Balaban J connectivity index is 2.80. The van der Waals surface area contributed by atoms with Gasteiger partial charge < -0.3 is 15.2 Å². The number of aryl methyl sites for hydroxylation is 1. The van der Waals surface area contributed by atoms with Crippen LogP contribution in [0.25, 0.3) is 0 Å². The van der Waals surface area contributed by atoms with Gasteiger partial charge in [0.25, 0.3) is 0 Å². The minimum Gasteiger partial charge on any atom is -0.369 e. The van der Waals surface area contributed by atoms with Crippen LogP contribution in [0, 0.1) is 0 Å². The molecule has 0 amide bonds. The molecule has 0 saturated carbocycles. The molecule has 1 rings (SSSR count). The zero-order valence-electron chi connectivity index (χ0n) is 7.89. The molecule has 4 nitrogen and oxygen atoms in total. The van der Waals surface area contributed by atoms with Gasteiger partial charge in [-0.05, 0) is 13.8 Å². The van der Waals surface area contributed by atoms with Crippen molar-refractivity contribution in [2.75, 3.05) is 23.7 Å². The summed E-state index contributed by atoms with van der Waals surface area (Å²) in [6.07, 6.45) is 1.80. The Morgan fingerprint density at radius 2 is 2.00 bits per heavy atom. The highest BCUT2D eigenvalue weighted by molar-refractivity contribution is 5.60. The lowest BCUT2D eigenvalue weighted by molar-refractivity contribution is 0.908. The molecule has 0 spiro atoms. The number of hydrogen-bond acceptors (Lipinski definition) is 3. The summed E-state index contributed by atoms with van der Waals surface area (Å²) in [6, 6.07) is 0. The van der Waals surface area contributed by atoms with Crippen LogP contribution in [0.2, 0.25) is 0 Å². The van der Waals surface area contributed by atoms with Crippen LogP contribution in [0.15, 0.2) is 6.33 Å². The molecule has 12 heavy (non-hydrogen) atoms. The number of rotatable bonds is 4. The largest absolute Gasteiger partial charge is 0.369 e. The van der Waals surface area contributed by atoms with E-state index in [-0.39, 0.29) is 0 Å². The van der Waals surface area contributed by atoms with E-state index < -0.39 is 0 Å². The van der Waals surface area contributed by atoms with Crippen LogP contribution in [-0.4, -0.2) is 22.6 Å². The first kappa shape index (κ1) is 8.90. The molecule has 1 aromatic rings. The lowest BCUT2D eigenvalue weighted by atomic mass is 10.5. The summed E-state index contributed by atoms with van der Waals surface area (Å²) < 4.78 is 1.97. The van der Waals surface area contributed by atoms with Crippen LogP contribution in [0.1, 0.15) is 13.8 Å². The third-order valence-corrected chi connectivity index (χ3v) is 1.63. The van der Waals surface area contributed by atoms with E-state index in [2.05, 4.69) is 29.5 Å². The molecule has 0 saturated heterocycles. The van der Waals surface area contributed by atoms with Gasteiger partial charge in [-0.1, -0.05) is 0 Å². The molecule has 0 aliphatic rings. The fourth-order valence-corrected chi connectivity index (χ4v) is 1.10. The van der Waals surface area contributed by atoms with E-state index in [4.69, 9.17) is 0 Å². The highest BCUT2D eigenvalue weighted by Crippen LogP contribution is 2.17. The van der Waals surface area contributed by atoms with Crippen molar-refractivity contribution >= 4 is 11.6 Å². The van der Waals surface area contributed by atoms with Crippen molar-refractivity contribution in [1.29, 1.82) is 0 Å². The lowest BCUT2D eigenvalue weighted by Gasteiger charge is -2.06. The Morgan fingerprint density at radius 3 is 2.58 bits per heavy atom. The van der Waals surface area contributed by atoms with Crippen molar-refractivity contribution in [3.05, 3.63) is 6.33 Å². The van der Waals surface area contributed by atoms with Gasteiger partial charge in [0.05, 0.1) is 6.33 Å². The number of imidazole rings is 1. The highest BCUT2D eigenvalue weighted by Gasteiger charge is 2.04. The van der Waals surface area contributed by atoms with Crippen molar-refractivity contribution in [3.8, 4) is 0 Å². The normalized spacial score (nSPS) is 9.92. The second-order valence-electron chi connectivity index (χ2n) is 2.61. The summed E-state index contributed by atoms with van der Waals surface area (Å²) in [5, 5.41) is 6.43. The second-order valence-corrected chi connectivity index (χ2v) is 2.61. The van der Waals surface area contributed by atoms with Crippen LogP contribution < -0.4 is 10.6 Å². The molecule has 0 fully saturated rings. The maximum atomic E-state index is 4.21. The molecule has 0 unspecified atom stereocenters. The van der Waals surface area contributed by atoms with Gasteiger partial charge in [-0.3, -0.25) is 0 Å². The Hall–Kier alpha value is -1.19. The van der Waals surface area contributed by atoms with Gasteiger partial charge in [-0.25, -0.2) is 4.98 Å². The quantitative estimate of drug-likeness (QED) is 0.711. The minimum atomic E-state index is 0.898. The van der Waals surface area contributed by atoms with E-state index in [9.17, 15) is 0 Å². The predicted molar refractivity (Wildman–Crippen MR) is 51.5 cm³/mol. The zero-order valence-corrected chi connectivity index (χ0v) is 7.89. The SMILES string of the molecule is CCNc1ncn(C)c1NCC. The van der Waals surface area contributed by atoms with Gasteiger partial charge in [0.2, 0.25) is 0 Å². The monoisotopic (exact) mass is 168 g/mol. The minimum absolute atomic E-state index is 0.898. The smallest absolute Gasteiger partial charge is 0.168 e. The summed E-state index contributed by atoms with van der Waals surface area (Å²) in [6.45, 7) is 5.94. The molecular formula is C8H16N4. The van der Waals surface area contributed by atoms with E-state index >= 15 is 0 Å². The van der Waals surface area contributed by atoms with Crippen molar-refractivity contribution in [1.82, 2.24) is 9.55 Å². The summed E-state index contributed by atoms with van der Waals surface area (Å²) in [5.41, 5.74) is 0. The molecule has 0 aliphatic carbocycles. The zero-order chi connectivity index (χ0) is 8.97. The topological polar surface area (TPSA) is 41.9 Å². The van der Waals surface area contributed by atoms with Crippen molar-refractivity contribution in [2.45, 2.75) is 13.8 Å². The van der Waals surface area contributed by atoms with E-state index in [1.54, 1.807) is 6.33 Å². The summed E-state index contributed by atoms with van der Waals surface area (Å²) in [4.78, 5) is 4.21. The number of nitrogens with zero attached hydrogens (tertiary/aromatic N) is 2. The second kappa shape index (κ2) is 3.99. The summed E-state index contributed by atoms with van der Waals surface area (Å²) in [5.74, 6) is 1.99. The first-order valence-electron chi connectivity index (χ1n) is 4.28. The Bertz CT molecular complexity index is 241. The first-order chi connectivity index (χ1) is 5.79. The van der Waals surface area contributed by atoms with E-state index in [1.807, 2.05) is 11.6 Å².